The van der Waals surface area contributed by atoms with E-state index < -0.39 is 31.4 Å². The molecule has 1 aliphatic heterocycles. The van der Waals surface area contributed by atoms with Crippen LogP contribution in [-0.2, 0) is 18.4 Å². The Morgan fingerprint density at radius 2 is 2.16 bits per heavy atom. The summed E-state index contributed by atoms with van der Waals surface area (Å²) in [6.07, 6.45) is 3.00. The van der Waals surface area contributed by atoms with Crippen molar-refractivity contribution in [2.45, 2.75) is 31.7 Å². The number of rotatable bonds is 9. The largest absolute Gasteiger partial charge is 0.359 e. The van der Waals surface area contributed by atoms with Crippen LogP contribution in [0.25, 0.3) is 10.4 Å². The number of nitrogens with zero attached hydrogens (tertiary/aromatic N) is 5. The van der Waals surface area contributed by atoms with E-state index in [-0.39, 0.29) is 13.2 Å². The van der Waals surface area contributed by atoms with Crippen LogP contribution in [0.4, 0.5) is 0 Å². The van der Waals surface area contributed by atoms with Crippen molar-refractivity contribution in [1.29, 1.82) is 0 Å². The Morgan fingerprint density at radius 1 is 1.48 bits per heavy atom. The number of β-lactam (4-membered cyclic amide) rings is 1. The highest BCUT2D eigenvalue weighted by molar-refractivity contribution is 7.54. The van der Waals surface area contributed by atoms with E-state index >= 15 is 0 Å². The van der Waals surface area contributed by atoms with Gasteiger partial charge in [0.2, 0.25) is 5.91 Å². The third-order valence-electron chi connectivity index (χ3n) is 3.70. The fourth-order valence-electron chi connectivity index (χ4n) is 2.74. The van der Waals surface area contributed by atoms with Gasteiger partial charge >= 0.3 is 7.60 Å². The van der Waals surface area contributed by atoms with Gasteiger partial charge in [-0.1, -0.05) is 17.3 Å². The van der Waals surface area contributed by atoms with Gasteiger partial charge in [0.15, 0.2) is 5.78 Å². The summed E-state index contributed by atoms with van der Waals surface area (Å²) in [7, 11) is -3.75. The number of carbonyl (C=O) groups is 1. The predicted octanol–water partition coefficient (Wildman–Crippen LogP) is 3.42. The molecular formula is C15H20N5O4P. The Balaban J connectivity index is 2.53. The van der Waals surface area contributed by atoms with Crippen LogP contribution in [0, 0.1) is 0 Å². The average molecular weight is 365 g/mol. The molecular weight excluding hydrogens is 345 g/mol. The van der Waals surface area contributed by atoms with Gasteiger partial charge in [-0.15, -0.1) is 6.58 Å². The van der Waals surface area contributed by atoms with Crippen molar-refractivity contribution in [2.75, 3.05) is 13.2 Å². The van der Waals surface area contributed by atoms with Crippen LogP contribution in [0.2, 0.25) is 0 Å². The maximum atomic E-state index is 13.4. The van der Waals surface area contributed by atoms with Gasteiger partial charge in [-0.2, -0.15) is 0 Å². The molecule has 1 aromatic heterocycles. The molecule has 0 bridgehead atoms. The summed E-state index contributed by atoms with van der Waals surface area (Å²) in [6.45, 7) is 7.34. The molecule has 2 rings (SSSR count). The Kier molecular flexibility index (Phi) is 6.33. The van der Waals surface area contributed by atoms with E-state index in [0.29, 0.717) is 5.69 Å². The van der Waals surface area contributed by atoms with E-state index in [1.165, 1.54) is 17.2 Å². The first-order chi connectivity index (χ1) is 12.0. The molecule has 1 fully saturated rings. The van der Waals surface area contributed by atoms with Crippen LogP contribution in [-0.4, -0.2) is 41.1 Å². The van der Waals surface area contributed by atoms with Crippen molar-refractivity contribution >= 4 is 13.5 Å². The third kappa shape index (κ3) is 3.60. The van der Waals surface area contributed by atoms with Gasteiger partial charge in [0.25, 0.3) is 0 Å². The van der Waals surface area contributed by atoms with Crippen molar-refractivity contribution in [3.8, 4) is 0 Å². The second-order valence-electron chi connectivity index (χ2n) is 5.13. The molecule has 3 atom stereocenters. The minimum Gasteiger partial charge on any atom is -0.315 e. The normalized spacial score (nSPS) is 21.2. The molecule has 2 heterocycles. The Hall–Kier alpha value is -2.18. The average Bonchev–Trinajstić information content (AvgIpc) is 2.61. The molecule has 1 aromatic rings. The van der Waals surface area contributed by atoms with Gasteiger partial charge in [-0.25, -0.2) is 0 Å². The summed E-state index contributed by atoms with van der Waals surface area (Å²) in [5, 5.41) is 3.49. The molecule has 1 aliphatic rings. The van der Waals surface area contributed by atoms with Crippen LogP contribution >= 0.6 is 7.60 Å². The number of carbonyl (C=O) groups excluding carboxylic acids is 1. The monoisotopic (exact) mass is 365 g/mol. The highest BCUT2D eigenvalue weighted by Gasteiger charge is 2.55. The summed E-state index contributed by atoms with van der Waals surface area (Å²) < 4.78 is 24.3. The van der Waals surface area contributed by atoms with E-state index in [2.05, 4.69) is 21.6 Å². The molecule has 134 valence electrons. The van der Waals surface area contributed by atoms with E-state index in [1.807, 2.05) is 0 Å². The SMILES string of the molecule is C=C[C@@H]1[C@H](N=[N+]=[N-])C(=O)N1C(c1ccccn1)P(=O)(OCC)OCC. The number of hydrogen-bond donors (Lipinski definition) is 0. The van der Waals surface area contributed by atoms with Gasteiger partial charge in [-0.05, 0) is 31.5 Å². The van der Waals surface area contributed by atoms with Gasteiger partial charge in [-0.3, -0.25) is 14.3 Å². The lowest BCUT2D eigenvalue weighted by molar-refractivity contribution is -0.148. The number of amides is 1. The summed E-state index contributed by atoms with van der Waals surface area (Å²) in [4.78, 5) is 20.8. The van der Waals surface area contributed by atoms with Crippen molar-refractivity contribution in [2.24, 2.45) is 5.11 Å². The van der Waals surface area contributed by atoms with Crippen molar-refractivity contribution < 1.29 is 18.4 Å². The van der Waals surface area contributed by atoms with E-state index in [9.17, 15) is 9.36 Å². The molecule has 1 unspecified atom stereocenters. The van der Waals surface area contributed by atoms with Crippen LogP contribution in [0.3, 0.4) is 0 Å². The first-order valence-corrected chi connectivity index (χ1v) is 9.43. The fraction of sp³-hybridized carbons (Fsp3) is 0.467. The minimum absolute atomic E-state index is 0.140. The highest BCUT2D eigenvalue weighted by atomic mass is 31.2. The highest BCUT2D eigenvalue weighted by Crippen LogP contribution is 2.63. The molecule has 0 radical (unpaired) electrons. The van der Waals surface area contributed by atoms with Crippen LogP contribution in [0.1, 0.15) is 25.3 Å². The molecule has 0 spiro atoms. The standard InChI is InChI=1S/C15H20N5O4P/c1-4-12-13(18-19-16)14(21)20(12)15(11-9-7-8-10-17-11)25(22,23-5-2)24-6-3/h4,7-10,12-13,15H,1,5-6H2,2-3H3/t12-,13+,15?/m1/s1. The summed E-state index contributed by atoms with van der Waals surface area (Å²) in [5.74, 6) is -1.52. The minimum atomic E-state index is -3.75. The predicted molar refractivity (Wildman–Crippen MR) is 91.6 cm³/mol. The van der Waals surface area contributed by atoms with E-state index in [4.69, 9.17) is 14.6 Å². The third-order valence-corrected chi connectivity index (χ3v) is 6.05. The lowest BCUT2D eigenvalue weighted by atomic mass is 9.95. The topological polar surface area (TPSA) is 117 Å². The van der Waals surface area contributed by atoms with Crippen molar-refractivity contribution in [3.63, 3.8) is 0 Å². The number of pyridine rings is 1. The molecule has 9 nitrogen and oxygen atoms in total. The Labute approximate surface area is 145 Å². The first-order valence-electron chi connectivity index (χ1n) is 7.82. The zero-order valence-electron chi connectivity index (χ0n) is 14.1. The molecule has 0 saturated carbocycles. The summed E-state index contributed by atoms with van der Waals surface area (Å²) in [5.41, 5.74) is 9.01. The van der Waals surface area contributed by atoms with Gasteiger partial charge in [0, 0.05) is 11.1 Å². The number of hydrogen-bond acceptors (Lipinski definition) is 6. The van der Waals surface area contributed by atoms with Crippen LogP contribution in [0.5, 0.6) is 0 Å². The molecule has 0 N–H and O–H groups in total. The van der Waals surface area contributed by atoms with E-state index in [1.54, 1.807) is 32.0 Å². The molecule has 1 saturated heterocycles. The lowest BCUT2D eigenvalue weighted by Gasteiger charge is -2.48. The Bertz CT molecular complexity index is 712. The zero-order chi connectivity index (χ0) is 18.4. The van der Waals surface area contributed by atoms with Crippen LogP contribution in [0.15, 0.2) is 42.2 Å². The van der Waals surface area contributed by atoms with Crippen molar-refractivity contribution in [1.82, 2.24) is 9.88 Å². The maximum absolute atomic E-state index is 13.4. The molecule has 0 aliphatic carbocycles. The number of aromatic nitrogens is 1. The maximum Gasteiger partial charge on any atom is 0.359 e. The van der Waals surface area contributed by atoms with Crippen molar-refractivity contribution in [3.05, 3.63) is 53.2 Å². The fourth-order valence-corrected chi connectivity index (χ4v) is 4.86. The van der Waals surface area contributed by atoms with Gasteiger partial charge < -0.3 is 13.9 Å². The molecule has 0 aromatic carbocycles. The van der Waals surface area contributed by atoms with Gasteiger partial charge in [0.05, 0.1) is 24.9 Å². The second-order valence-corrected chi connectivity index (χ2v) is 7.21. The molecule has 10 heteroatoms. The number of azide groups is 1. The summed E-state index contributed by atoms with van der Waals surface area (Å²) >= 11 is 0. The smallest absolute Gasteiger partial charge is 0.315 e. The molecule has 25 heavy (non-hydrogen) atoms. The molecule has 1 amide bonds. The Morgan fingerprint density at radius 3 is 2.64 bits per heavy atom. The zero-order valence-corrected chi connectivity index (χ0v) is 15.0. The quantitative estimate of drug-likeness (QED) is 0.166. The lowest BCUT2D eigenvalue weighted by Crippen LogP contribution is -2.63. The van der Waals surface area contributed by atoms with Gasteiger partial charge in [0.1, 0.15) is 6.04 Å². The first kappa shape index (κ1) is 19.1. The second kappa shape index (κ2) is 8.27. The summed E-state index contributed by atoms with van der Waals surface area (Å²) in [6, 6.07) is 3.52. The van der Waals surface area contributed by atoms with Crippen LogP contribution < -0.4 is 0 Å². The van der Waals surface area contributed by atoms with E-state index in [0.717, 1.165) is 0 Å². The number of likely N-dealkylation sites (tertiary alicyclic amines) is 1.